The molecule has 8 heavy (non-hydrogen) atoms. The van der Waals surface area contributed by atoms with Gasteiger partial charge < -0.3 is 0 Å². The number of hydrazine groups is 1. The highest BCUT2D eigenvalue weighted by atomic mass is 32.2. The van der Waals surface area contributed by atoms with Crippen LogP contribution in [-0.2, 0) is 11.3 Å². The second-order valence-corrected chi connectivity index (χ2v) is 2.04. The van der Waals surface area contributed by atoms with E-state index in [1.165, 1.54) is 5.01 Å². The van der Waals surface area contributed by atoms with Crippen LogP contribution in [0, 0.1) is 0 Å². The van der Waals surface area contributed by atoms with E-state index >= 15 is 0 Å². The Hall–Kier alpha value is 0.0300. The van der Waals surface area contributed by atoms with E-state index in [1.54, 1.807) is 7.05 Å². The standard InChI is InChI=1S/C3H10N2O2S/c1-3-5(2)4-8(6)7/h4H,3H2,1-2H3,(H,6,7). The number of nitrogens with one attached hydrogen (secondary N) is 1. The number of hydrogen-bond donors (Lipinski definition) is 2. The predicted molar refractivity (Wildman–Crippen MR) is 32.2 cm³/mol. The average Bonchev–Trinajstić information content (AvgIpc) is 1.65. The topological polar surface area (TPSA) is 52.6 Å². The van der Waals surface area contributed by atoms with Gasteiger partial charge in [0.15, 0.2) is 0 Å². The fourth-order valence-electron chi connectivity index (χ4n) is 0.198. The molecule has 0 saturated carbocycles. The molecule has 2 N–H and O–H groups in total. The average molecular weight is 138 g/mol. The summed E-state index contributed by atoms with van der Waals surface area (Å²) in [7, 11) is 1.69. The molecule has 0 heterocycles. The van der Waals surface area contributed by atoms with Crippen molar-refractivity contribution in [3.05, 3.63) is 0 Å². The number of nitrogens with zero attached hydrogens (tertiary/aromatic N) is 1. The molecule has 1 atom stereocenters. The smallest absolute Gasteiger partial charge is 0.246 e. The summed E-state index contributed by atoms with van der Waals surface area (Å²) < 4.78 is 18.1. The van der Waals surface area contributed by atoms with Crippen molar-refractivity contribution in [2.45, 2.75) is 6.92 Å². The summed E-state index contributed by atoms with van der Waals surface area (Å²) in [4.78, 5) is 2.25. The Morgan fingerprint density at radius 3 is 2.50 bits per heavy atom. The first-order chi connectivity index (χ1) is 3.66. The summed E-state index contributed by atoms with van der Waals surface area (Å²) in [6.45, 7) is 2.58. The minimum Gasteiger partial charge on any atom is -0.293 e. The molecule has 0 aromatic heterocycles. The maximum atomic E-state index is 9.93. The van der Waals surface area contributed by atoms with Crippen LogP contribution in [0.25, 0.3) is 0 Å². The summed E-state index contributed by atoms with van der Waals surface area (Å²) in [6.07, 6.45) is 0. The molecule has 0 spiro atoms. The highest BCUT2D eigenvalue weighted by Gasteiger charge is 1.93. The third kappa shape index (κ3) is 4.20. The van der Waals surface area contributed by atoms with Gasteiger partial charge in [-0.2, -0.15) is 0 Å². The van der Waals surface area contributed by atoms with Gasteiger partial charge in [0.2, 0.25) is 11.3 Å². The zero-order valence-corrected chi connectivity index (χ0v) is 5.73. The van der Waals surface area contributed by atoms with Crippen LogP contribution in [0.4, 0.5) is 0 Å². The zero-order valence-electron chi connectivity index (χ0n) is 4.92. The third-order valence-corrected chi connectivity index (χ3v) is 1.18. The molecule has 0 aromatic rings. The molecule has 0 saturated heterocycles. The van der Waals surface area contributed by atoms with Crippen LogP contribution < -0.4 is 4.83 Å². The maximum absolute atomic E-state index is 9.93. The fraction of sp³-hybridized carbons (Fsp3) is 1.00. The Bertz CT molecular complexity index is 87.4. The Morgan fingerprint density at radius 2 is 2.38 bits per heavy atom. The Balaban J connectivity index is 3.24. The quantitative estimate of drug-likeness (QED) is 0.411. The van der Waals surface area contributed by atoms with E-state index in [0.717, 1.165) is 0 Å². The number of hydrogen-bond acceptors (Lipinski definition) is 2. The van der Waals surface area contributed by atoms with Crippen molar-refractivity contribution in [2.75, 3.05) is 13.6 Å². The molecular weight excluding hydrogens is 128 g/mol. The molecule has 0 bridgehead atoms. The van der Waals surface area contributed by atoms with Gasteiger partial charge in [-0.15, -0.1) is 4.83 Å². The van der Waals surface area contributed by atoms with E-state index in [4.69, 9.17) is 4.55 Å². The lowest BCUT2D eigenvalue weighted by atomic mass is 10.8. The summed E-state index contributed by atoms with van der Waals surface area (Å²) in [5.74, 6) is 0. The highest BCUT2D eigenvalue weighted by molar-refractivity contribution is 7.77. The summed E-state index contributed by atoms with van der Waals surface area (Å²) >= 11 is -1.92. The first-order valence-electron chi connectivity index (χ1n) is 2.25. The molecular formula is C3H10N2O2S. The molecule has 0 aliphatic rings. The summed E-state index contributed by atoms with van der Waals surface area (Å²) in [6, 6.07) is 0. The molecule has 0 fully saturated rings. The molecule has 0 aliphatic carbocycles. The minimum absolute atomic E-state index is 0.701. The minimum atomic E-state index is -1.92. The zero-order chi connectivity index (χ0) is 6.57. The SMILES string of the molecule is CCN(C)NS(=O)O. The lowest BCUT2D eigenvalue weighted by molar-refractivity contribution is 0.310. The van der Waals surface area contributed by atoms with Crippen molar-refractivity contribution in [3.63, 3.8) is 0 Å². The van der Waals surface area contributed by atoms with Crippen LogP contribution in [0.2, 0.25) is 0 Å². The molecule has 1 unspecified atom stereocenters. The largest absolute Gasteiger partial charge is 0.293 e. The lowest BCUT2D eigenvalue weighted by Crippen LogP contribution is -2.34. The Morgan fingerprint density at radius 1 is 1.88 bits per heavy atom. The molecule has 0 aromatic carbocycles. The van der Waals surface area contributed by atoms with Gasteiger partial charge in [0.05, 0.1) is 0 Å². The van der Waals surface area contributed by atoms with Gasteiger partial charge in [0.25, 0.3) is 0 Å². The van der Waals surface area contributed by atoms with Crippen LogP contribution in [-0.4, -0.2) is 27.4 Å². The van der Waals surface area contributed by atoms with Crippen molar-refractivity contribution in [1.82, 2.24) is 9.84 Å². The molecule has 0 aliphatic heterocycles. The summed E-state index contributed by atoms with van der Waals surface area (Å²) in [5, 5.41) is 1.52. The van der Waals surface area contributed by atoms with Crippen molar-refractivity contribution in [1.29, 1.82) is 0 Å². The monoisotopic (exact) mass is 138 g/mol. The van der Waals surface area contributed by atoms with Gasteiger partial charge in [-0.05, 0) is 0 Å². The van der Waals surface area contributed by atoms with Crippen LogP contribution in [0.5, 0.6) is 0 Å². The molecule has 4 nitrogen and oxygen atoms in total. The molecule has 0 amide bonds. The van der Waals surface area contributed by atoms with Crippen LogP contribution in [0.15, 0.2) is 0 Å². The maximum Gasteiger partial charge on any atom is 0.246 e. The molecule has 0 rings (SSSR count). The van der Waals surface area contributed by atoms with Gasteiger partial charge in [-0.25, -0.2) is 9.22 Å². The molecule has 50 valence electrons. The fourth-order valence-corrected chi connectivity index (χ4v) is 0.594. The normalized spacial score (nSPS) is 14.5. The summed E-state index contributed by atoms with van der Waals surface area (Å²) in [5.41, 5.74) is 0. The Kier molecular flexibility index (Phi) is 3.98. The predicted octanol–water partition coefficient (Wildman–Crippen LogP) is -0.421. The van der Waals surface area contributed by atoms with Crippen molar-refractivity contribution in [3.8, 4) is 0 Å². The van der Waals surface area contributed by atoms with Gasteiger partial charge in [0.1, 0.15) is 0 Å². The Labute approximate surface area is 51.3 Å². The van der Waals surface area contributed by atoms with E-state index in [2.05, 4.69) is 4.83 Å². The van der Waals surface area contributed by atoms with E-state index in [0.29, 0.717) is 6.54 Å². The van der Waals surface area contributed by atoms with Gasteiger partial charge in [0, 0.05) is 13.6 Å². The molecule has 5 heteroatoms. The van der Waals surface area contributed by atoms with Crippen molar-refractivity contribution in [2.24, 2.45) is 0 Å². The van der Waals surface area contributed by atoms with E-state index in [1.807, 2.05) is 6.92 Å². The van der Waals surface area contributed by atoms with Gasteiger partial charge in [-0.3, -0.25) is 4.55 Å². The first kappa shape index (κ1) is 8.03. The van der Waals surface area contributed by atoms with Crippen LogP contribution in [0.1, 0.15) is 6.92 Å². The van der Waals surface area contributed by atoms with Crippen LogP contribution in [0.3, 0.4) is 0 Å². The van der Waals surface area contributed by atoms with Crippen molar-refractivity contribution >= 4 is 11.3 Å². The van der Waals surface area contributed by atoms with Crippen molar-refractivity contribution < 1.29 is 8.76 Å². The number of rotatable bonds is 3. The van der Waals surface area contributed by atoms with Gasteiger partial charge >= 0.3 is 0 Å². The molecule has 0 radical (unpaired) electrons. The second-order valence-electron chi connectivity index (χ2n) is 1.35. The van der Waals surface area contributed by atoms with Crippen LogP contribution >= 0.6 is 0 Å². The van der Waals surface area contributed by atoms with Gasteiger partial charge in [-0.1, -0.05) is 6.92 Å². The first-order valence-corrected chi connectivity index (χ1v) is 3.35. The van der Waals surface area contributed by atoms with E-state index < -0.39 is 11.3 Å². The van der Waals surface area contributed by atoms with E-state index in [9.17, 15) is 4.21 Å². The van der Waals surface area contributed by atoms with E-state index in [-0.39, 0.29) is 0 Å². The third-order valence-electron chi connectivity index (χ3n) is 0.708. The lowest BCUT2D eigenvalue weighted by Gasteiger charge is -2.10. The second kappa shape index (κ2) is 3.96. The highest BCUT2D eigenvalue weighted by Crippen LogP contribution is 1.71.